The van der Waals surface area contributed by atoms with Crippen molar-refractivity contribution in [2.24, 2.45) is 5.92 Å². The molecule has 0 spiro atoms. The number of anilines is 2. The number of hydrogen-bond donors (Lipinski definition) is 2. The van der Waals surface area contributed by atoms with E-state index in [4.69, 9.17) is 0 Å². The number of hydrogen-bond acceptors (Lipinski definition) is 4. The van der Waals surface area contributed by atoms with E-state index in [-0.39, 0.29) is 17.7 Å². The van der Waals surface area contributed by atoms with Gasteiger partial charge in [-0.1, -0.05) is 18.2 Å². The average molecular weight is 329 g/mol. The summed E-state index contributed by atoms with van der Waals surface area (Å²) in [5.41, 5.74) is 2.95. The van der Waals surface area contributed by atoms with Crippen LogP contribution in [0.1, 0.15) is 29.0 Å². The molecule has 120 valence electrons. The van der Waals surface area contributed by atoms with Crippen LogP contribution >= 0.6 is 11.3 Å². The summed E-state index contributed by atoms with van der Waals surface area (Å²) < 4.78 is 0. The second-order valence-corrected chi connectivity index (χ2v) is 7.00. The molecule has 0 fully saturated rings. The highest BCUT2D eigenvalue weighted by Crippen LogP contribution is 2.28. The molecule has 1 aromatic heterocycles. The molecular formula is C17H19N3O2S. The number of nitrogens with one attached hydrogen (secondary N) is 2. The zero-order valence-electron chi connectivity index (χ0n) is 13.2. The smallest absolute Gasteiger partial charge is 0.227 e. The lowest BCUT2D eigenvalue weighted by Crippen LogP contribution is -2.30. The molecule has 0 unspecified atom stereocenters. The first-order valence-electron chi connectivity index (χ1n) is 7.65. The maximum Gasteiger partial charge on any atom is 0.227 e. The molecule has 0 radical (unpaired) electrons. The number of amides is 2. The van der Waals surface area contributed by atoms with E-state index in [1.165, 1.54) is 11.3 Å². The van der Waals surface area contributed by atoms with Crippen LogP contribution in [0.2, 0.25) is 0 Å². The van der Waals surface area contributed by atoms with Crippen LogP contribution in [-0.2, 0) is 16.0 Å². The first-order chi connectivity index (χ1) is 11.0. The fourth-order valence-electron chi connectivity index (χ4n) is 2.66. The Hall–Kier alpha value is -2.21. The van der Waals surface area contributed by atoms with Gasteiger partial charge in [0, 0.05) is 22.9 Å². The molecule has 2 amide bonds. The fourth-order valence-corrected chi connectivity index (χ4v) is 3.49. The second kappa shape index (κ2) is 6.50. The molecule has 1 aliphatic rings. The van der Waals surface area contributed by atoms with Crippen molar-refractivity contribution in [2.75, 3.05) is 10.6 Å². The van der Waals surface area contributed by atoms with Gasteiger partial charge in [0.1, 0.15) is 0 Å². The minimum atomic E-state index is -0.157. The van der Waals surface area contributed by atoms with Crippen molar-refractivity contribution in [3.8, 4) is 0 Å². The maximum absolute atomic E-state index is 12.1. The lowest BCUT2D eigenvalue weighted by atomic mass is 9.89. The summed E-state index contributed by atoms with van der Waals surface area (Å²) >= 11 is 1.47. The van der Waals surface area contributed by atoms with Crippen molar-refractivity contribution >= 4 is 34.0 Å². The average Bonchev–Trinajstić information content (AvgIpc) is 2.83. The van der Waals surface area contributed by atoms with Gasteiger partial charge in [0.25, 0.3) is 0 Å². The Bertz CT molecular complexity index is 735. The molecule has 6 heteroatoms. The molecule has 3 rings (SSSR count). The molecule has 1 aromatic carbocycles. The number of fused-ring (bicyclic) bond motifs is 1. The van der Waals surface area contributed by atoms with Crippen LogP contribution in [-0.4, -0.2) is 16.8 Å². The molecule has 0 bridgehead atoms. The highest BCUT2D eigenvalue weighted by molar-refractivity contribution is 7.15. The van der Waals surface area contributed by atoms with E-state index in [1.807, 2.05) is 38.1 Å². The van der Waals surface area contributed by atoms with E-state index in [0.29, 0.717) is 24.4 Å². The monoisotopic (exact) mass is 329 g/mol. The molecule has 1 aliphatic heterocycles. The lowest BCUT2D eigenvalue weighted by molar-refractivity contribution is -0.121. The molecular weight excluding hydrogens is 310 g/mol. The van der Waals surface area contributed by atoms with Gasteiger partial charge in [-0.25, -0.2) is 4.98 Å². The molecule has 0 saturated carbocycles. The van der Waals surface area contributed by atoms with E-state index in [9.17, 15) is 9.59 Å². The first kappa shape index (κ1) is 15.7. The van der Waals surface area contributed by atoms with Crippen molar-refractivity contribution in [1.82, 2.24) is 4.98 Å². The Kier molecular flexibility index (Phi) is 4.43. The number of para-hydroxylation sites is 1. The quantitative estimate of drug-likeness (QED) is 0.904. The standard InChI is InChI=1S/C17H19N3O2S/c1-10-11(2)23-17(18-10)20-15(21)8-7-13-9-12-5-3-4-6-14(12)19-16(13)22/h3-6,13H,7-9H2,1-2H3,(H,19,22)(H,18,20,21)/t13-/m0/s1. The van der Waals surface area contributed by atoms with Gasteiger partial charge in [-0.05, 0) is 38.3 Å². The van der Waals surface area contributed by atoms with E-state index in [1.54, 1.807) is 0 Å². The van der Waals surface area contributed by atoms with Crippen LogP contribution in [0, 0.1) is 19.8 Å². The molecule has 2 N–H and O–H groups in total. The van der Waals surface area contributed by atoms with Gasteiger partial charge in [-0.3, -0.25) is 9.59 Å². The van der Waals surface area contributed by atoms with Gasteiger partial charge in [0.05, 0.1) is 5.69 Å². The number of aromatic nitrogens is 1. The summed E-state index contributed by atoms with van der Waals surface area (Å²) in [5.74, 6) is -0.252. The molecule has 5 nitrogen and oxygen atoms in total. The number of rotatable bonds is 4. The maximum atomic E-state index is 12.1. The summed E-state index contributed by atoms with van der Waals surface area (Å²) in [7, 11) is 0. The molecule has 0 aliphatic carbocycles. The van der Waals surface area contributed by atoms with Crippen LogP contribution in [0.4, 0.5) is 10.8 Å². The largest absolute Gasteiger partial charge is 0.326 e. The van der Waals surface area contributed by atoms with Crippen molar-refractivity contribution in [3.05, 3.63) is 40.4 Å². The van der Waals surface area contributed by atoms with Crippen molar-refractivity contribution < 1.29 is 9.59 Å². The third-order valence-electron chi connectivity index (χ3n) is 4.11. The minimum absolute atomic E-state index is 0.00237. The second-order valence-electron chi connectivity index (χ2n) is 5.79. The highest BCUT2D eigenvalue weighted by atomic mass is 32.1. The summed E-state index contributed by atoms with van der Waals surface area (Å²) in [5, 5.41) is 6.36. The third-order valence-corrected chi connectivity index (χ3v) is 5.10. The SMILES string of the molecule is Cc1nc(NC(=O)CC[C@H]2Cc3ccccc3NC2=O)sc1C. The predicted octanol–water partition coefficient (Wildman–Crippen LogP) is 3.29. The number of thiazole rings is 1. The number of carbonyl (C=O) groups excluding carboxylic acids is 2. The normalized spacial score (nSPS) is 16.6. The van der Waals surface area contributed by atoms with Gasteiger partial charge < -0.3 is 10.6 Å². The van der Waals surface area contributed by atoms with Gasteiger partial charge in [0.15, 0.2) is 5.13 Å². The molecule has 23 heavy (non-hydrogen) atoms. The summed E-state index contributed by atoms with van der Waals surface area (Å²) in [6.45, 7) is 3.90. The number of benzene rings is 1. The number of aryl methyl sites for hydroxylation is 2. The molecule has 0 saturated heterocycles. The first-order valence-corrected chi connectivity index (χ1v) is 8.47. The van der Waals surface area contributed by atoms with Crippen LogP contribution in [0.3, 0.4) is 0 Å². The molecule has 2 heterocycles. The summed E-state index contributed by atoms with van der Waals surface area (Å²) in [4.78, 5) is 29.6. The zero-order chi connectivity index (χ0) is 16.4. The van der Waals surface area contributed by atoms with Crippen molar-refractivity contribution in [2.45, 2.75) is 33.1 Å². The lowest BCUT2D eigenvalue weighted by Gasteiger charge is -2.24. The third kappa shape index (κ3) is 3.59. The number of carbonyl (C=O) groups is 2. The van der Waals surface area contributed by atoms with Crippen molar-refractivity contribution in [1.29, 1.82) is 0 Å². The van der Waals surface area contributed by atoms with Gasteiger partial charge >= 0.3 is 0 Å². The van der Waals surface area contributed by atoms with E-state index < -0.39 is 0 Å². The Labute approximate surface area is 139 Å². The predicted molar refractivity (Wildman–Crippen MR) is 91.7 cm³/mol. The van der Waals surface area contributed by atoms with E-state index in [2.05, 4.69) is 15.6 Å². The fraction of sp³-hybridized carbons (Fsp3) is 0.353. The molecule has 1 atom stereocenters. The zero-order valence-corrected chi connectivity index (χ0v) is 14.0. The Morgan fingerprint density at radius 1 is 1.39 bits per heavy atom. The Balaban J connectivity index is 1.56. The Morgan fingerprint density at radius 2 is 2.17 bits per heavy atom. The van der Waals surface area contributed by atoms with Gasteiger partial charge in [0.2, 0.25) is 11.8 Å². The van der Waals surface area contributed by atoms with Gasteiger partial charge in [-0.15, -0.1) is 11.3 Å². The number of nitrogens with zero attached hydrogens (tertiary/aromatic N) is 1. The van der Waals surface area contributed by atoms with E-state index in [0.717, 1.165) is 21.8 Å². The summed E-state index contributed by atoms with van der Waals surface area (Å²) in [6, 6.07) is 7.80. The van der Waals surface area contributed by atoms with Crippen molar-refractivity contribution in [3.63, 3.8) is 0 Å². The Morgan fingerprint density at radius 3 is 2.91 bits per heavy atom. The highest BCUT2D eigenvalue weighted by Gasteiger charge is 2.26. The van der Waals surface area contributed by atoms with Crippen LogP contribution < -0.4 is 10.6 Å². The topological polar surface area (TPSA) is 71.1 Å². The van der Waals surface area contributed by atoms with Crippen LogP contribution in [0.25, 0.3) is 0 Å². The van der Waals surface area contributed by atoms with E-state index >= 15 is 0 Å². The minimum Gasteiger partial charge on any atom is -0.326 e. The summed E-state index contributed by atoms with van der Waals surface area (Å²) in [6.07, 6.45) is 1.54. The van der Waals surface area contributed by atoms with Crippen LogP contribution in [0.15, 0.2) is 24.3 Å². The molecule has 2 aromatic rings. The van der Waals surface area contributed by atoms with Gasteiger partial charge in [-0.2, -0.15) is 0 Å². The van der Waals surface area contributed by atoms with Crippen LogP contribution in [0.5, 0.6) is 0 Å².